The summed E-state index contributed by atoms with van der Waals surface area (Å²) < 4.78 is 5.46. The molecule has 2 unspecified atom stereocenters. The van der Waals surface area contributed by atoms with E-state index in [1.54, 1.807) is 7.11 Å². The first-order valence-electron chi connectivity index (χ1n) is 6.20. The molecule has 1 aliphatic heterocycles. The molecule has 1 heterocycles. The third-order valence-electron chi connectivity index (χ3n) is 4.16. The van der Waals surface area contributed by atoms with Crippen molar-refractivity contribution in [2.45, 2.75) is 37.2 Å². The number of para-hydroxylation sites is 1. The van der Waals surface area contributed by atoms with Gasteiger partial charge in [0.15, 0.2) is 0 Å². The SMILES string of the molecule is COC1CCCC2(C1)C(=O)Nc1ccccc12. The lowest BCUT2D eigenvalue weighted by atomic mass is 9.69. The highest BCUT2D eigenvalue weighted by Gasteiger charge is 2.49. The van der Waals surface area contributed by atoms with Crippen molar-refractivity contribution in [3.05, 3.63) is 29.8 Å². The van der Waals surface area contributed by atoms with E-state index in [0.717, 1.165) is 36.9 Å². The molecule has 1 aliphatic carbocycles. The largest absolute Gasteiger partial charge is 0.381 e. The molecule has 1 N–H and O–H groups in total. The second kappa shape index (κ2) is 3.84. The average Bonchev–Trinajstić information content (AvgIpc) is 2.63. The fourth-order valence-corrected chi connectivity index (χ4v) is 3.25. The topological polar surface area (TPSA) is 38.3 Å². The van der Waals surface area contributed by atoms with Crippen LogP contribution < -0.4 is 5.32 Å². The first kappa shape index (κ1) is 10.8. The normalized spacial score (nSPS) is 31.4. The first-order chi connectivity index (χ1) is 8.26. The van der Waals surface area contributed by atoms with E-state index in [1.165, 1.54) is 0 Å². The summed E-state index contributed by atoms with van der Waals surface area (Å²) in [6.07, 6.45) is 4.08. The molecule has 1 aromatic carbocycles. The van der Waals surface area contributed by atoms with Crippen molar-refractivity contribution in [2.75, 3.05) is 12.4 Å². The van der Waals surface area contributed by atoms with Gasteiger partial charge in [-0.3, -0.25) is 4.79 Å². The lowest BCUT2D eigenvalue weighted by Gasteiger charge is -2.35. The van der Waals surface area contributed by atoms with Gasteiger partial charge in [-0.2, -0.15) is 0 Å². The summed E-state index contributed by atoms with van der Waals surface area (Å²) in [5, 5.41) is 3.01. The van der Waals surface area contributed by atoms with Gasteiger partial charge in [0.1, 0.15) is 0 Å². The Morgan fingerprint density at radius 2 is 2.24 bits per heavy atom. The minimum absolute atomic E-state index is 0.153. The molecule has 0 saturated heterocycles. The number of hydrogen-bond donors (Lipinski definition) is 1. The molecule has 1 aromatic rings. The van der Waals surface area contributed by atoms with E-state index in [-0.39, 0.29) is 17.4 Å². The summed E-state index contributed by atoms with van der Waals surface area (Å²) in [4.78, 5) is 12.3. The van der Waals surface area contributed by atoms with Crippen LogP contribution in [0.25, 0.3) is 0 Å². The maximum absolute atomic E-state index is 12.3. The van der Waals surface area contributed by atoms with Crippen molar-refractivity contribution in [3.8, 4) is 0 Å². The predicted octanol–water partition coefficient (Wildman–Crippen LogP) is 2.47. The maximum atomic E-state index is 12.3. The summed E-state index contributed by atoms with van der Waals surface area (Å²) in [6.45, 7) is 0. The zero-order chi connectivity index (χ0) is 11.9. The standard InChI is InChI=1S/C14H17NO2/c1-17-10-5-4-8-14(9-10)11-6-2-3-7-12(11)15-13(14)16/h2-3,6-7,10H,4-5,8-9H2,1H3,(H,15,16). The van der Waals surface area contributed by atoms with E-state index in [2.05, 4.69) is 11.4 Å². The maximum Gasteiger partial charge on any atom is 0.235 e. The molecule has 2 atom stereocenters. The molecule has 3 heteroatoms. The van der Waals surface area contributed by atoms with E-state index in [4.69, 9.17) is 4.74 Å². The molecule has 0 radical (unpaired) electrons. The molecule has 3 nitrogen and oxygen atoms in total. The van der Waals surface area contributed by atoms with Crippen LogP contribution in [0, 0.1) is 0 Å². The van der Waals surface area contributed by atoms with E-state index in [1.807, 2.05) is 18.2 Å². The van der Waals surface area contributed by atoms with Crippen molar-refractivity contribution >= 4 is 11.6 Å². The van der Waals surface area contributed by atoms with Crippen LogP contribution >= 0.6 is 0 Å². The van der Waals surface area contributed by atoms with Crippen LogP contribution in [0.3, 0.4) is 0 Å². The molecule has 3 rings (SSSR count). The Morgan fingerprint density at radius 3 is 3.06 bits per heavy atom. The van der Waals surface area contributed by atoms with Gasteiger partial charge in [0, 0.05) is 12.8 Å². The quantitative estimate of drug-likeness (QED) is 0.806. The van der Waals surface area contributed by atoms with Gasteiger partial charge in [0.25, 0.3) is 0 Å². The zero-order valence-electron chi connectivity index (χ0n) is 10.0. The molecule has 1 fully saturated rings. The number of fused-ring (bicyclic) bond motifs is 2. The lowest BCUT2D eigenvalue weighted by molar-refractivity contribution is -0.123. The number of nitrogens with one attached hydrogen (secondary N) is 1. The Kier molecular flexibility index (Phi) is 2.44. The van der Waals surface area contributed by atoms with Gasteiger partial charge >= 0.3 is 0 Å². The molecule has 17 heavy (non-hydrogen) atoms. The van der Waals surface area contributed by atoms with Gasteiger partial charge in [0.05, 0.1) is 11.5 Å². The van der Waals surface area contributed by atoms with Crippen LogP contribution in [-0.4, -0.2) is 19.1 Å². The fourth-order valence-electron chi connectivity index (χ4n) is 3.25. The number of carbonyl (C=O) groups is 1. The monoisotopic (exact) mass is 231 g/mol. The van der Waals surface area contributed by atoms with Gasteiger partial charge < -0.3 is 10.1 Å². The molecule has 1 amide bonds. The number of methoxy groups -OCH3 is 1. The number of rotatable bonds is 1. The van der Waals surface area contributed by atoms with Crippen molar-refractivity contribution in [1.29, 1.82) is 0 Å². The molecule has 0 aromatic heterocycles. The van der Waals surface area contributed by atoms with Gasteiger partial charge in [-0.1, -0.05) is 18.2 Å². The van der Waals surface area contributed by atoms with Crippen LogP contribution in [0.5, 0.6) is 0 Å². The smallest absolute Gasteiger partial charge is 0.235 e. The molecule has 1 spiro atoms. The van der Waals surface area contributed by atoms with Gasteiger partial charge in [-0.15, -0.1) is 0 Å². The Labute approximate surface area is 101 Å². The third kappa shape index (κ3) is 1.49. The Hall–Kier alpha value is -1.35. The van der Waals surface area contributed by atoms with Crippen LogP contribution in [0.4, 0.5) is 5.69 Å². The molecule has 0 bridgehead atoms. The lowest BCUT2D eigenvalue weighted by Crippen LogP contribution is -2.41. The summed E-state index contributed by atoms with van der Waals surface area (Å²) in [7, 11) is 1.74. The second-order valence-electron chi connectivity index (χ2n) is 5.04. The van der Waals surface area contributed by atoms with E-state index >= 15 is 0 Å². The summed E-state index contributed by atoms with van der Waals surface area (Å²) in [5.41, 5.74) is 1.80. The third-order valence-corrected chi connectivity index (χ3v) is 4.16. The van der Waals surface area contributed by atoms with E-state index in [0.29, 0.717) is 0 Å². The molecule has 2 aliphatic rings. The fraction of sp³-hybridized carbons (Fsp3) is 0.500. The Balaban J connectivity index is 2.04. The van der Waals surface area contributed by atoms with Crippen molar-refractivity contribution < 1.29 is 9.53 Å². The van der Waals surface area contributed by atoms with Gasteiger partial charge in [0.2, 0.25) is 5.91 Å². The van der Waals surface area contributed by atoms with Crippen molar-refractivity contribution in [1.82, 2.24) is 0 Å². The number of anilines is 1. The Bertz CT molecular complexity index is 457. The van der Waals surface area contributed by atoms with Crippen LogP contribution in [0.2, 0.25) is 0 Å². The summed E-state index contributed by atoms with van der Waals surface area (Å²) in [6, 6.07) is 8.04. The molecular formula is C14H17NO2. The van der Waals surface area contributed by atoms with E-state index in [9.17, 15) is 4.79 Å². The summed E-state index contributed by atoms with van der Waals surface area (Å²) in [5.74, 6) is 0.153. The average molecular weight is 231 g/mol. The molecular weight excluding hydrogens is 214 g/mol. The van der Waals surface area contributed by atoms with Crippen LogP contribution in [0.15, 0.2) is 24.3 Å². The number of carbonyl (C=O) groups excluding carboxylic acids is 1. The predicted molar refractivity (Wildman–Crippen MR) is 66.0 cm³/mol. The second-order valence-corrected chi connectivity index (χ2v) is 5.04. The minimum Gasteiger partial charge on any atom is -0.381 e. The van der Waals surface area contributed by atoms with Gasteiger partial charge in [-0.25, -0.2) is 0 Å². The Morgan fingerprint density at radius 1 is 1.41 bits per heavy atom. The number of benzene rings is 1. The molecule has 1 saturated carbocycles. The van der Waals surface area contributed by atoms with Gasteiger partial charge in [-0.05, 0) is 37.3 Å². The van der Waals surface area contributed by atoms with Crippen LogP contribution in [0.1, 0.15) is 31.2 Å². The zero-order valence-corrected chi connectivity index (χ0v) is 10.0. The first-order valence-corrected chi connectivity index (χ1v) is 6.20. The van der Waals surface area contributed by atoms with E-state index < -0.39 is 0 Å². The number of amides is 1. The summed E-state index contributed by atoms with van der Waals surface area (Å²) >= 11 is 0. The number of ether oxygens (including phenoxy) is 1. The molecule has 90 valence electrons. The van der Waals surface area contributed by atoms with Crippen LogP contribution in [-0.2, 0) is 14.9 Å². The van der Waals surface area contributed by atoms with Crippen molar-refractivity contribution in [2.24, 2.45) is 0 Å². The number of hydrogen-bond acceptors (Lipinski definition) is 2. The highest BCUT2D eigenvalue weighted by Crippen LogP contribution is 2.47. The highest BCUT2D eigenvalue weighted by atomic mass is 16.5. The highest BCUT2D eigenvalue weighted by molar-refractivity contribution is 6.06. The van der Waals surface area contributed by atoms with Crippen molar-refractivity contribution in [3.63, 3.8) is 0 Å². The minimum atomic E-state index is -0.338.